The number of hydrogen-bond donors (Lipinski definition) is 1. The number of benzene rings is 3. The maximum Gasteiger partial charge on any atom is 0.307 e. The molecule has 0 aromatic heterocycles. The normalized spacial score (nSPS) is 14.1. The Hall–Kier alpha value is -3.30. The number of carboxylic acids is 1. The minimum Gasteiger partial charge on any atom is -0.481 e. The van der Waals surface area contributed by atoms with Crippen LogP contribution < -0.4 is 4.74 Å². The molecule has 0 bridgehead atoms. The zero-order valence-corrected chi connectivity index (χ0v) is 18.2. The van der Waals surface area contributed by atoms with E-state index in [2.05, 4.69) is 25.1 Å². The summed E-state index contributed by atoms with van der Waals surface area (Å²) in [4.78, 5) is 11.4. The van der Waals surface area contributed by atoms with E-state index in [9.17, 15) is 9.90 Å². The Bertz CT molecular complexity index is 1190. The summed E-state index contributed by atoms with van der Waals surface area (Å²) in [5.74, 6) is 0.723. The summed E-state index contributed by atoms with van der Waals surface area (Å²) < 4.78 is 5.94. The number of carbonyl (C=O) groups is 1. The molecule has 0 fully saturated rings. The quantitative estimate of drug-likeness (QED) is 0.440. The monoisotopic (exact) mass is 430 g/mol. The molecule has 0 radical (unpaired) electrons. The van der Waals surface area contributed by atoms with Gasteiger partial charge in [0.1, 0.15) is 11.5 Å². The summed E-state index contributed by atoms with van der Waals surface area (Å²) in [5, 5.41) is 9.94. The minimum atomic E-state index is -0.852. The second-order valence-electron chi connectivity index (χ2n) is 7.59. The van der Waals surface area contributed by atoms with E-state index in [0.29, 0.717) is 5.02 Å². The second-order valence-corrected chi connectivity index (χ2v) is 8.03. The van der Waals surface area contributed by atoms with Crippen molar-refractivity contribution in [2.75, 3.05) is 0 Å². The molecule has 0 saturated heterocycles. The highest BCUT2D eigenvalue weighted by Crippen LogP contribution is 2.44. The lowest BCUT2D eigenvalue weighted by atomic mass is 10.0. The van der Waals surface area contributed by atoms with E-state index in [0.717, 1.165) is 51.3 Å². The molecule has 3 aromatic rings. The molecule has 0 spiro atoms. The van der Waals surface area contributed by atoms with Crippen LogP contribution in [0.15, 0.2) is 72.3 Å². The van der Waals surface area contributed by atoms with Gasteiger partial charge in [-0.15, -0.1) is 0 Å². The molecule has 156 valence electrons. The van der Waals surface area contributed by atoms with Crippen LogP contribution in [0.25, 0.3) is 17.2 Å². The Balaban J connectivity index is 1.61. The molecule has 4 heteroatoms. The van der Waals surface area contributed by atoms with Gasteiger partial charge in [0.05, 0.1) is 6.42 Å². The van der Waals surface area contributed by atoms with Crippen LogP contribution >= 0.6 is 11.6 Å². The van der Waals surface area contributed by atoms with E-state index < -0.39 is 5.97 Å². The second kappa shape index (κ2) is 8.83. The van der Waals surface area contributed by atoms with Gasteiger partial charge in [-0.25, -0.2) is 0 Å². The Labute approximate surface area is 187 Å². The fourth-order valence-corrected chi connectivity index (χ4v) is 4.03. The Morgan fingerprint density at radius 3 is 2.23 bits per heavy atom. The molecule has 0 saturated carbocycles. The van der Waals surface area contributed by atoms with Crippen molar-refractivity contribution in [3.8, 4) is 11.5 Å². The maximum atomic E-state index is 11.4. The first-order chi connectivity index (χ1) is 14.9. The predicted octanol–water partition coefficient (Wildman–Crippen LogP) is 7.50. The minimum absolute atomic E-state index is 0.0277. The van der Waals surface area contributed by atoms with Gasteiger partial charge in [-0.05, 0) is 94.8 Å². The summed E-state index contributed by atoms with van der Waals surface area (Å²) in [5.41, 5.74) is 7.00. The molecule has 3 nitrogen and oxygen atoms in total. The van der Waals surface area contributed by atoms with Crippen molar-refractivity contribution in [2.24, 2.45) is 0 Å². The molecule has 4 rings (SSSR count). The summed E-state index contributed by atoms with van der Waals surface area (Å²) in [6, 6.07) is 21.6. The maximum absolute atomic E-state index is 11.4. The smallest absolute Gasteiger partial charge is 0.307 e. The first-order valence-corrected chi connectivity index (χ1v) is 10.6. The molecule has 31 heavy (non-hydrogen) atoms. The first kappa shape index (κ1) is 21.0. The van der Waals surface area contributed by atoms with E-state index >= 15 is 0 Å². The van der Waals surface area contributed by atoms with Gasteiger partial charge in [0.2, 0.25) is 0 Å². The lowest BCUT2D eigenvalue weighted by molar-refractivity contribution is -0.135. The van der Waals surface area contributed by atoms with Gasteiger partial charge in [0.15, 0.2) is 0 Å². The molecule has 1 N–H and O–H groups in total. The number of halogens is 1. The van der Waals surface area contributed by atoms with Gasteiger partial charge in [-0.3, -0.25) is 4.79 Å². The third-order valence-corrected chi connectivity index (χ3v) is 5.78. The molecule has 0 unspecified atom stereocenters. The van der Waals surface area contributed by atoms with Crippen molar-refractivity contribution in [1.29, 1.82) is 0 Å². The number of fused-ring (bicyclic) bond motifs is 1. The number of hydrogen-bond acceptors (Lipinski definition) is 2. The van der Waals surface area contributed by atoms with Crippen molar-refractivity contribution in [1.82, 2.24) is 0 Å². The van der Waals surface area contributed by atoms with Crippen molar-refractivity contribution >= 4 is 34.8 Å². The van der Waals surface area contributed by atoms with Crippen LogP contribution in [0.1, 0.15) is 42.5 Å². The first-order valence-electron chi connectivity index (χ1n) is 10.3. The average molecular weight is 431 g/mol. The lowest BCUT2D eigenvalue weighted by Gasteiger charge is -2.08. The predicted molar refractivity (Wildman–Crippen MR) is 127 cm³/mol. The fourth-order valence-electron chi connectivity index (χ4n) is 3.86. The Kier molecular flexibility index (Phi) is 5.97. The van der Waals surface area contributed by atoms with Gasteiger partial charge in [0.25, 0.3) is 0 Å². The highest BCUT2D eigenvalue weighted by atomic mass is 35.5. The Morgan fingerprint density at radius 1 is 0.968 bits per heavy atom. The Morgan fingerprint density at radius 2 is 1.61 bits per heavy atom. The number of aryl methyl sites for hydroxylation is 1. The van der Waals surface area contributed by atoms with Crippen LogP contribution in [-0.4, -0.2) is 11.1 Å². The van der Waals surface area contributed by atoms with E-state index in [1.807, 2.05) is 61.5 Å². The molecule has 1 aliphatic carbocycles. The highest BCUT2D eigenvalue weighted by Gasteiger charge is 2.25. The van der Waals surface area contributed by atoms with Crippen molar-refractivity contribution < 1.29 is 14.6 Å². The molecule has 0 atom stereocenters. The summed E-state index contributed by atoms with van der Waals surface area (Å²) in [7, 11) is 0. The van der Waals surface area contributed by atoms with E-state index in [4.69, 9.17) is 16.3 Å². The van der Waals surface area contributed by atoms with Crippen molar-refractivity contribution in [3.63, 3.8) is 0 Å². The molecule has 3 aromatic carbocycles. The van der Waals surface area contributed by atoms with E-state index in [-0.39, 0.29) is 6.42 Å². The van der Waals surface area contributed by atoms with Crippen molar-refractivity contribution in [2.45, 2.75) is 26.7 Å². The van der Waals surface area contributed by atoms with E-state index in [1.165, 1.54) is 5.56 Å². The van der Waals surface area contributed by atoms with Crippen LogP contribution in [0.4, 0.5) is 0 Å². The number of carboxylic acid groups (broad SMARTS) is 1. The van der Waals surface area contributed by atoms with Crippen LogP contribution in [0.3, 0.4) is 0 Å². The van der Waals surface area contributed by atoms with Crippen LogP contribution in [0, 0.1) is 0 Å². The molecule has 0 aliphatic heterocycles. The van der Waals surface area contributed by atoms with Crippen LogP contribution in [-0.2, 0) is 11.2 Å². The van der Waals surface area contributed by atoms with Gasteiger partial charge >= 0.3 is 5.97 Å². The largest absolute Gasteiger partial charge is 0.481 e. The number of rotatable bonds is 6. The van der Waals surface area contributed by atoms with Gasteiger partial charge < -0.3 is 9.84 Å². The highest BCUT2D eigenvalue weighted by molar-refractivity contribution is 6.31. The molecular formula is C27H23ClO3. The van der Waals surface area contributed by atoms with Gasteiger partial charge in [-0.2, -0.15) is 0 Å². The number of aliphatic carboxylic acids is 1. The SMILES string of the molecule is CCc1ccc(Oc2ccc(/C=C3\C(C)=C(CC(=O)O)c4cc(Cl)ccc43)cc2)cc1. The van der Waals surface area contributed by atoms with Gasteiger partial charge in [-0.1, -0.05) is 48.9 Å². The summed E-state index contributed by atoms with van der Waals surface area (Å²) in [6.45, 7) is 4.09. The number of ether oxygens (including phenoxy) is 1. The average Bonchev–Trinajstić information content (AvgIpc) is 3.00. The lowest BCUT2D eigenvalue weighted by Crippen LogP contribution is -1.96. The van der Waals surface area contributed by atoms with Gasteiger partial charge in [0, 0.05) is 5.02 Å². The topological polar surface area (TPSA) is 46.5 Å². The standard InChI is InChI=1S/C27H23ClO3/c1-3-18-4-9-21(10-5-18)31-22-11-6-19(7-12-22)14-24-17(2)25(16-27(29)30)26-15-20(28)8-13-23(24)26/h4-15H,3,16H2,1-2H3,(H,29,30)/b24-14+. The molecule has 1 aliphatic rings. The van der Waals surface area contributed by atoms with Crippen LogP contribution in [0.2, 0.25) is 5.02 Å². The zero-order valence-electron chi connectivity index (χ0n) is 17.5. The summed E-state index contributed by atoms with van der Waals surface area (Å²) in [6.07, 6.45) is 3.05. The van der Waals surface area contributed by atoms with E-state index in [1.54, 1.807) is 0 Å². The molecule has 0 heterocycles. The third-order valence-electron chi connectivity index (χ3n) is 5.54. The van der Waals surface area contributed by atoms with Crippen LogP contribution in [0.5, 0.6) is 11.5 Å². The number of allylic oxidation sites excluding steroid dienone is 2. The van der Waals surface area contributed by atoms with Crippen molar-refractivity contribution in [3.05, 3.63) is 99.6 Å². The fraction of sp³-hybridized carbons (Fsp3) is 0.148. The molecule has 0 amide bonds. The zero-order chi connectivity index (χ0) is 22.0. The summed E-state index contributed by atoms with van der Waals surface area (Å²) >= 11 is 6.18. The molecular weight excluding hydrogens is 408 g/mol. The third kappa shape index (κ3) is 4.57.